The summed E-state index contributed by atoms with van der Waals surface area (Å²) in [4.78, 5) is 0. The third-order valence-corrected chi connectivity index (χ3v) is 7.00. The van der Waals surface area contributed by atoms with Crippen molar-refractivity contribution in [2.24, 2.45) is 0 Å². The van der Waals surface area contributed by atoms with Crippen LogP contribution in [0.3, 0.4) is 0 Å². The molecule has 0 spiro atoms. The van der Waals surface area contributed by atoms with Gasteiger partial charge in [0, 0.05) is 11.4 Å². The van der Waals surface area contributed by atoms with Gasteiger partial charge in [0.1, 0.15) is 0 Å². The Morgan fingerprint density at radius 2 is 0.886 bits per heavy atom. The summed E-state index contributed by atoms with van der Waals surface area (Å²) >= 11 is 0. The molecule has 164 valence electrons. The summed E-state index contributed by atoms with van der Waals surface area (Å²) < 4.78 is 0. The van der Waals surface area contributed by atoms with Gasteiger partial charge in [0.25, 0.3) is 0 Å². The number of rotatable bonds is 3. The van der Waals surface area contributed by atoms with Gasteiger partial charge in [-0.25, -0.2) is 0 Å². The first kappa shape index (κ1) is 19.8. The Kier molecular flexibility index (Phi) is 4.53. The van der Waals surface area contributed by atoms with Crippen molar-refractivity contribution in [3.8, 4) is 11.1 Å². The number of hydrogen-bond acceptors (Lipinski definition) is 1. The van der Waals surface area contributed by atoms with E-state index in [1.54, 1.807) is 0 Å². The highest BCUT2D eigenvalue weighted by Crippen LogP contribution is 2.36. The molecule has 0 saturated heterocycles. The number of fused-ring (bicyclic) bond motifs is 6. The van der Waals surface area contributed by atoms with E-state index in [9.17, 15) is 0 Å². The maximum Gasteiger partial charge on any atom is 0.0390 e. The van der Waals surface area contributed by atoms with Crippen LogP contribution in [-0.4, -0.2) is 0 Å². The zero-order valence-corrected chi connectivity index (χ0v) is 19.2. The van der Waals surface area contributed by atoms with Gasteiger partial charge < -0.3 is 5.32 Å². The lowest BCUT2D eigenvalue weighted by Gasteiger charge is -2.13. The van der Waals surface area contributed by atoms with Gasteiger partial charge in [-0.3, -0.25) is 0 Å². The van der Waals surface area contributed by atoms with Crippen molar-refractivity contribution in [2.45, 2.75) is 0 Å². The van der Waals surface area contributed by atoms with Crippen LogP contribution in [0.25, 0.3) is 54.2 Å². The summed E-state index contributed by atoms with van der Waals surface area (Å²) in [6, 6.07) is 48.0. The van der Waals surface area contributed by atoms with Crippen molar-refractivity contribution in [3.05, 3.63) is 133 Å². The highest BCUT2D eigenvalue weighted by molar-refractivity contribution is 6.14. The largest absolute Gasteiger partial charge is 0.356 e. The smallest absolute Gasteiger partial charge is 0.0390 e. The van der Waals surface area contributed by atoms with Crippen LogP contribution in [0.4, 0.5) is 11.4 Å². The van der Waals surface area contributed by atoms with Gasteiger partial charge in [0.2, 0.25) is 0 Å². The first-order valence-electron chi connectivity index (χ1n) is 12.0. The standard InChI is InChI=1S/C34H23N/c1-3-9-29-23(7-1)13-14-24-17-20-28(22-34(24)29)35-27-18-15-25(16-19-27)33-21-26-8-2-4-10-30(26)31-11-5-6-12-32(31)33/h1-22,35H. The third kappa shape index (κ3) is 3.41. The Morgan fingerprint density at radius 1 is 0.343 bits per heavy atom. The molecule has 7 aromatic rings. The van der Waals surface area contributed by atoms with Crippen molar-refractivity contribution < 1.29 is 0 Å². The molecule has 7 rings (SSSR count). The molecule has 0 aromatic heterocycles. The van der Waals surface area contributed by atoms with E-state index >= 15 is 0 Å². The van der Waals surface area contributed by atoms with Crippen LogP contribution in [0.15, 0.2) is 133 Å². The molecule has 0 radical (unpaired) electrons. The number of anilines is 2. The van der Waals surface area contributed by atoms with Crippen LogP contribution in [0.2, 0.25) is 0 Å². The van der Waals surface area contributed by atoms with E-state index in [2.05, 4.69) is 139 Å². The van der Waals surface area contributed by atoms with Crippen LogP contribution in [0.1, 0.15) is 0 Å². The molecule has 0 atom stereocenters. The number of hydrogen-bond donors (Lipinski definition) is 1. The maximum absolute atomic E-state index is 3.61. The second-order valence-corrected chi connectivity index (χ2v) is 9.12. The van der Waals surface area contributed by atoms with Crippen molar-refractivity contribution >= 4 is 54.5 Å². The predicted octanol–water partition coefficient (Wildman–Crippen LogP) is 9.71. The lowest BCUT2D eigenvalue weighted by molar-refractivity contribution is 1.56. The third-order valence-electron chi connectivity index (χ3n) is 7.00. The van der Waals surface area contributed by atoms with E-state index in [4.69, 9.17) is 0 Å². The molecule has 7 aromatic carbocycles. The SMILES string of the molecule is c1ccc2c(c1)ccc1ccc(Nc3ccc(-c4cc5ccccc5c5ccccc45)cc3)cc12. The molecule has 1 nitrogen and oxygen atoms in total. The van der Waals surface area contributed by atoms with Gasteiger partial charge in [0.15, 0.2) is 0 Å². The van der Waals surface area contributed by atoms with Crippen molar-refractivity contribution in [1.82, 2.24) is 0 Å². The molecule has 0 amide bonds. The number of nitrogens with one attached hydrogen (secondary N) is 1. The Balaban J connectivity index is 1.27. The van der Waals surface area contributed by atoms with Gasteiger partial charge >= 0.3 is 0 Å². The maximum atomic E-state index is 3.61. The summed E-state index contributed by atoms with van der Waals surface area (Å²) in [5, 5.41) is 13.8. The van der Waals surface area contributed by atoms with Crippen molar-refractivity contribution in [2.75, 3.05) is 5.32 Å². The number of benzene rings is 7. The van der Waals surface area contributed by atoms with Gasteiger partial charge in [0.05, 0.1) is 0 Å². The summed E-state index contributed by atoms with van der Waals surface area (Å²) in [6.45, 7) is 0. The first-order valence-corrected chi connectivity index (χ1v) is 12.0. The molecular formula is C34H23N. The summed E-state index contributed by atoms with van der Waals surface area (Å²) in [5.74, 6) is 0. The average Bonchev–Trinajstić information content (AvgIpc) is 2.93. The van der Waals surface area contributed by atoms with Gasteiger partial charge in [-0.05, 0) is 84.5 Å². The lowest BCUT2D eigenvalue weighted by atomic mass is 9.93. The van der Waals surface area contributed by atoms with Gasteiger partial charge in [-0.2, -0.15) is 0 Å². The topological polar surface area (TPSA) is 12.0 Å². The van der Waals surface area contributed by atoms with E-state index in [0.717, 1.165) is 11.4 Å². The zero-order valence-electron chi connectivity index (χ0n) is 19.2. The van der Waals surface area contributed by atoms with Crippen LogP contribution < -0.4 is 5.32 Å². The molecule has 0 bridgehead atoms. The zero-order chi connectivity index (χ0) is 23.2. The van der Waals surface area contributed by atoms with E-state index in [0.29, 0.717) is 0 Å². The summed E-state index contributed by atoms with van der Waals surface area (Å²) in [5.41, 5.74) is 4.67. The summed E-state index contributed by atoms with van der Waals surface area (Å²) in [7, 11) is 0. The molecule has 0 aliphatic carbocycles. The fourth-order valence-corrected chi connectivity index (χ4v) is 5.27. The first-order chi connectivity index (χ1) is 17.3. The molecule has 35 heavy (non-hydrogen) atoms. The Labute approximate surface area is 204 Å². The Morgan fingerprint density at radius 3 is 1.66 bits per heavy atom. The van der Waals surface area contributed by atoms with Crippen LogP contribution in [-0.2, 0) is 0 Å². The second kappa shape index (κ2) is 8.00. The molecular weight excluding hydrogens is 422 g/mol. The molecule has 0 saturated carbocycles. The summed E-state index contributed by atoms with van der Waals surface area (Å²) in [6.07, 6.45) is 0. The van der Waals surface area contributed by atoms with Crippen LogP contribution >= 0.6 is 0 Å². The molecule has 0 unspecified atom stereocenters. The average molecular weight is 446 g/mol. The van der Waals surface area contributed by atoms with E-state index < -0.39 is 0 Å². The fourth-order valence-electron chi connectivity index (χ4n) is 5.27. The quantitative estimate of drug-likeness (QED) is 0.267. The molecule has 0 aliphatic rings. The van der Waals surface area contributed by atoms with Crippen LogP contribution in [0.5, 0.6) is 0 Å². The van der Waals surface area contributed by atoms with E-state index in [1.807, 2.05) is 0 Å². The molecule has 0 fully saturated rings. The molecule has 1 heteroatoms. The lowest BCUT2D eigenvalue weighted by Crippen LogP contribution is -1.91. The highest BCUT2D eigenvalue weighted by atomic mass is 14.9. The molecule has 0 heterocycles. The highest BCUT2D eigenvalue weighted by Gasteiger charge is 2.09. The van der Waals surface area contributed by atoms with Gasteiger partial charge in [-0.1, -0.05) is 103 Å². The van der Waals surface area contributed by atoms with Crippen molar-refractivity contribution in [1.29, 1.82) is 0 Å². The predicted molar refractivity (Wildman–Crippen MR) is 152 cm³/mol. The Bertz CT molecular complexity index is 1860. The van der Waals surface area contributed by atoms with Gasteiger partial charge in [-0.15, -0.1) is 0 Å². The fraction of sp³-hybridized carbons (Fsp3) is 0. The molecule has 0 aliphatic heterocycles. The van der Waals surface area contributed by atoms with E-state index in [1.165, 1.54) is 54.2 Å². The minimum atomic E-state index is 1.08. The minimum absolute atomic E-state index is 1.08. The van der Waals surface area contributed by atoms with Crippen molar-refractivity contribution in [3.63, 3.8) is 0 Å². The normalized spacial score (nSPS) is 11.4. The Hall–Kier alpha value is -4.62. The van der Waals surface area contributed by atoms with E-state index in [-0.39, 0.29) is 0 Å². The minimum Gasteiger partial charge on any atom is -0.356 e. The second-order valence-electron chi connectivity index (χ2n) is 9.12. The monoisotopic (exact) mass is 445 g/mol. The molecule has 1 N–H and O–H groups in total. The van der Waals surface area contributed by atoms with Crippen LogP contribution in [0, 0.1) is 0 Å².